The van der Waals surface area contributed by atoms with Gasteiger partial charge in [-0.2, -0.15) is 0 Å². The maximum atomic E-state index is 13.3. The van der Waals surface area contributed by atoms with Gasteiger partial charge in [0, 0.05) is 25.2 Å². The number of likely N-dealkylation sites (tertiary alicyclic amines) is 1. The van der Waals surface area contributed by atoms with Crippen molar-refractivity contribution in [2.75, 3.05) is 13.1 Å². The van der Waals surface area contributed by atoms with Crippen molar-refractivity contribution in [3.63, 3.8) is 0 Å². The van der Waals surface area contributed by atoms with E-state index in [9.17, 15) is 4.79 Å². The van der Waals surface area contributed by atoms with Crippen LogP contribution < -0.4 is 4.74 Å². The van der Waals surface area contributed by atoms with Crippen molar-refractivity contribution in [2.45, 2.75) is 51.0 Å². The van der Waals surface area contributed by atoms with E-state index in [4.69, 9.17) is 4.74 Å². The van der Waals surface area contributed by atoms with E-state index in [1.54, 1.807) is 12.3 Å². The van der Waals surface area contributed by atoms with Gasteiger partial charge < -0.3 is 9.64 Å². The van der Waals surface area contributed by atoms with Crippen molar-refractivity contribution in [3.8, 4) is 5.88 Å². The van der Waals surface area contributed by atoms with Crippen LogP contribution in [0, 0.1) is 23.2 Å². The number of aromatic nitrogens is 2. The molecule has 4 bridgehead atoms. The number of carbonyl (C=O) groups is 1. The molecule has 1 aromatic heterocycles. The van der Waals surface area contributed by atoms with Crippen LogP contribution in [0.2, 0.25) is 0 Å². The topological polar surface area (TPSA) is 55.3 Å². The van der Waals surface area contributed by atoms with E-state index < -0.39 is 0 Å². The third kappa shape index (κ3) is 2.40. The highest BCUT2D eigenvalue weighted by Gasteiger charge is 2.56. The molecule has 1 atom stereocenters. The first-order valence-corrected chi connectivity index (χ1v) is 9.42. The van der Waals surface area contributed by atoms with E-state index in [0.717, 1.165) is 50.0 Å². The summed E-state index contributed by atoms with van der Waals surface area (Å²) in [5, 5.41) is 0. The lowest BCUT2D eigenvalue weighted by atomic mass is 9.49. The number of rotatable bonds is 3. The van der Waals surface area contributed by atoms with Crippen LogP contribution in [-0.2, 0) is 4.79 Å². The van der Waals surface area contributed by atoms with E-state index in [1.807, 2.05) is 0 Å². The third-order valence-corrected chi connectivity index (χ3v) is 6.77. The first-order valence-electron chi connectivity index (χ1n) is 9.42. The highest BCUT2D eigenvalue weighted by molar-refractivity contribution is 5.83. The first-order chi connectivity index (χ1) is 11.7. The highest BCUT2D eigenvalue weighted by atomic mass is 16.5. The van der Waals surface area contributed by atoms with Gasteiger partial charge in [-0.3, -0.25) is 4.79 Å². The Morgan fingerprint density at radius 3 is 2.50 bits per heavy atom. The van der Waals surface area contributed by atoms with E-state index in [-0.39, 0.29) is 11.5 Å². The monoisotopic (exact) mass is 327 g/mol. The summed E-state index contributed by atoms with van der Waals surface area (Å²) in [5.41, 5.74) is -0.0292. The van der Waals surface area contributed by atoms with E-state index in [0.29, 0.717) is 18.3 Å². The van der Waals surface area contributed by atoms with Crippen LogP contribution in [-0.4, -0.2) is 40.0 Å². The fourth-order valence-electron chi connectivity index (χ4n) is 6.24. The number of amides is 1. The predicted molar refractivity (Wildman–Crippen MR) is 88.3 cm³/mol. The summed E-state index contributed by atoms with van der Waals surface area (Å²) in [5.74, 6) is 3.48. The summed E-state index contributed by atoms with van der Waals surface area (Å²) < 4.78 is 5.93. The lowest BCUT2D eigenvalue weighted by molar-refractivity contribution is -0.156. The summed E-state index contributed by atoms with van der Waals surface area (Å²) in [6.45, 7) is 1.54. The lowest BCUT2D eigenvalue weighted by Crippen LogP contribution is -2.54. The molecule has 5 aliphatic rings. The lowest BCUT2D eigenvalue weighted by Gasteiger charge is -2.56. The van der Waals surface area contributed by atoms with Crippen molar-refractivity contribution >= 4 is 5.91 Å². The minimum Gasteiger partial charge on any atom is -0.472 e. The van der Waals surface area contributed by atoms with E-state index >= 15 is 0 Å². The van der Waals surface area contributed by atoms with Crippen LogP contribution in [0.1, 0.15) is 44.9 Å². The second kappa shape index (κ2) is 5.43. The molecule has 0 aromatic carbocycles. The molecule has 1 amide bonds. The van der Waals surface area contributed by atoms with E-state index in [2.05, 4.69) is 14.9 Å². The van der Waals surface area contributed by atoms with E-state index in [1.165, 1.54) is 25.6 Å². The molecule has 1 saturated heterocycles. The van der Waals surface area contributed by atoms with Gasteiger partial charge in [0.05, 0.1) is 12.0 Å². The molecule has 0 radical (unpaired) electrons. The Kier molecular flexibility index (Phi) is 3.32. The molecule has 4 saturated carbocycles. The SMILES string of the molecule is O=C(N1CC[C@@H](Oc2ccncn2)C1)C12CC3CC(CC(C3)C1)C2. The Morgan fingerprint density at radius 1 is 1.17 bits per heavy atom. The van der Waals surface area contributed by atoms with Crippen LogP contribution >= 0.6 is 0 Å². The summed E-state index contributed by atoms with van der Waals surface area (Å²) in [7, 11) is 0. The summed E-state index contributed by atoms with van der Waals surface area (Å²) >= 11 is 0. The van der Waals surface area contributed by atoms with Gasteiger partial charge >= 0.3 is 0 Å². The zero-order chi connectivity index (χ0) is 16.1. The molecule has 1 aromatic rings. The van der Waals surface area contributed by atoms with Crippen molar-refractivity contribution in [2.24, 2.45) is 23.2 Å². The fourth-order valence-corrected chi connectivity index (χ4v) is 6.24. The Bertz CT molecular complexity index is 597. The first kappa shape index (κ1) is 14.7. The minimum absolute atomic E-state index is 0.0292. The van der Waals surface area contributed by atoms with Crippen molar-refractivity contribution in [1.82, 2.24) is 14.9 Å². The third-order valence-electron chi connectivity index (χ3n) is 6.77. The molecule has 128 valence electrons. The molecule has 0 spiro atoms. The normalized spacial score (nSPS) is 40.1. The van der Waals surface area contributed by atoms with Crippen LogP contribution in [0.15, 0.2) is 18.6 Å². The molecule has 1 aliphatic heterocycles. The van der Waals surface area contributed by atoms with Crippen molar-refractivity contribution in [1.29, 1.82) is 0 Å². The fraction of sp³-hybridized carbons (Fsp3) is 0.737. The Balaban J connectivity index is 1.27. The Morgan fingerprint density at radius 2 is 1.88 bits per heavy atom. The molecule has 6 rings (SSSR count). The van der Waals surface area contributed by atoms with Crippen LogP contribution in [0.5, 0.6) is 5.88 Å². The molecule has 5 nitrogen and oxygen atoms in total. The Hall–Kier alpha value is -1.65. The van der Waals surface area contributed by atoms with Gasteiger partial charge in [-0.1, -0.05) is 0 Å². The van der Waals surface area contributed by atoms with Crippen molar-refractivity contribution < 1.29 is 9.53 Å². The minimum atomic E-state index is -0.0292. The molecule has 24 heavy (non-hydrogen) atoms. The average molecular weight is 327 g/mol. The number of hydrogen-bond donors (Lipinski definition) is 0. The maximum absolute atomic E-state index is 13.3. The smallest absolute Gasteiger partial charge is 0.228 e. The summed E-state index contributed by atoms with van der Waals surface area (Å²) in [6, 6.07) is 1.78. The summed E-state index contributed by atoms with van der Waals surface area (Å²) in [6.07, 6.45) is 11.7. The zero-order valence-corrected chi connectivity index (χ0v) is 14.1. The quantitative estimate of drug-likeness (QED) is 0.856. The van der Waals surface area contributed by atoms with Crippen LogP contribution in [0.25, 0.3) is 0 Å². The van der Waals surface area contributed by atoms with Crippen LogP contribution in [0.4, 0.5) is 0 Å². The second-order valence-corrected chi connectivity index (χ2v) is 8.53. The predicted octanol–water partition coefficient (Wildman–Crippen LogP) is 2.67. The standard InChI is InChI=1S/C19H25N3O2/c23-18(19-8-13-5-14(9-19)7-15(6-13)10-19)22-4-2-16(11-22)24-17-1-3-20-12-21-17/h1,3,12-16H,2,4-11H2/t13?,14?,15?,16-,19?/m1/s1. The number of carbonyl (C=O) groups excluding carboxylic acids is 1. The number of hydrogen-bond acceptors (Lipinski definition) is 4. The van der Waals surface area contributed by atoms with Crippen LogP contribution in [0.3, 0.4) is 0 Å². The number of ether oxygens (including phenoxy) is 1. The maximum Gasteiger partial charge on any atom is 0.228 e. The van der Waals surface area contributed by atoms with Crippen molar-refractivity contribution in [3.05, 3.63) is 18.6 Å². The zero-order valence-electron chi connectivity index (χ0n) is 14.1. The molecule has 5 fully saturated rings. The summed E-state index contributed by atoms with van der Waals surface area (Å²) in [4.78, 5) is 23.5. The van der Waals surface area contributed by atoms with Gasteiger partial charge in [-0.05, 0) is 56.3 Å². The van der Waals surface area contributed by atoms with Gasteiger partial charge in [0.2, 0.25) is 11.8 Å². The molecule has 0 unspecified atom stereocenters. The molecule has 2 heterocycles. The van der Waals surface area contributed by atoms with Gasteiger partial charge in [0.1, 0.15) is 12.4 Å². The average Bonchev–Trinajstić information content (AvgIpc) is 3.02. The second-order valence-electron chi connectivity index (χ2n) is 8.53. The van der Waals surface area contributed by atoms with Gasteiger partial charge in [0.15, 0.2) is 0 Å². The van der Waals surface area contributed by atoms with Gasteiger partial charge in [0.25, 0.3) is 0 Å². The molecular weight excluding hydrogens is 302 g/mol. The Labute approximate surface area is 142 Å². The highest BCUT2D eigenvalue weighted by Crippen LogP contribution is 2.60. The molecular formula is C19H25N3O2. The largest absolute Gasteiger partial charge is 0.472 e. The van der Waals surface area contributed by atoms with Gasteiger partial charge in [-0.15, -0.1) is 0 Å². The number of nitrogens with zero attached hydrogens (tertiary/aromatic N) is 3. The molecule has 4 aliphatic carbocycles. The molecule has 5 heteroatoms. The molecule has 0 N–H and O–H groups in total. The van der Waals surface area contributed by atoms with Gasteiger partial charge in [-0.25, -0.2) is 9.97 Å².